The fourth-order valence-electron chi connectivity index (χ4n) is 3.50. The summed E-state index contributed by atoms with van der Waals surface area (Å²) in [6.45, 7) is 0.694. The minimum absolute atomic E-state index is 0.568. The maximum atomic E-state index is 6.22. The molecule has 0 spiro atoms. The molecule has 0 radical (unpaired) electrons. The molecule has 0 saturated heterocycles. The van der Waals surface area contributed by atoms with Crippen LogP contribution in [-0.4, -0.2) is 16.5 Å². The number of furan rings is 2. The highest BCUT2D eigenvalue weighted by molar-refractivity contribution is 6.05. The van der Waals surface area contributed by atoms with Gasteiger partial charge in [-0.25, -0.2) is 9.97 Å². The van der Waals surface area contributed by atoms with Crippen LogP contribution in [0, 0.1) is 0 Å². The summed E-state index contributed by atoms with van der Waals surface area (Å²) in [7, 11) is 0. The van der Waals surface area contributed by atoms with E-state index in [1.807, 2.05) is 60.7 Å². The quantitative estimate of drug-likeness (QED) is 0.402. The van der Waals surface area contributed by atoms with Crippen molar-refractivity contribution in [3.8, 4) is 22.5 Å². The number of hydrogen-bond donors (Lipinski definition) is 1. The molecule has 5 rings (SSSR count). The summed E-state index contributed by atoms with van der Waals surface area (Å²) >= 11 is 0. The lowest BCUT2D eigenvalue weighted by Crippen LogP contribution is -2.06. The van der Waals surface area contributed by atoms with Gasteiger partial charge in [0.15, 0.2) is 0 Å². The highest BCUT2D eigenvalue weighted by Crippen LogP contribution is 2.42. The molecule has 5 nitrogen and oxygen atoms in total. The Balaban J connectivity index is 1.62. The van der Waals surface area contributed by atoms with E-state index < -0.39 is 0 Å². The van der Waals surface area contributed by atoms with Crippen molar-refractivity contribution in [2.24, 2.45) is 0 Å². The predicted octanol–water partition coefficient (Wildman–Crippen LogP) is 5.80. The summed E-state index contributed by atoms with van der Waals surface area (Å²) in [6, 6.07) is 24.2. The first-order valence-corrected chi connectivity index (χ1v) is 9.55. The lowest BCUT2D eigenvalue weighted by Gasteiger charge is -2.08. The van der Waals surface area contributed by atoms with Crippen molar-refractivity contribution in [3.05, 3.63) is 91.1 Å². The maximum Gasteiger partial charge on any atom is 0.232 e. The van der Waals surface area contributed by atoms with Gasteiger partial charge < -0.3 is 14.2 Å². The summed E-state index contributed by atoms with van der Waals surface area (Å²) in [5.74, 6) is 2.48. The molecule has 0 fully saturated rings. The van der Waals surface area contributed by atoms with E-state index >= 15 is 0 Å². The first kappa shape index (κ1) is 17.3. The second kappa shape index (κ2) is 7.64. The molecule has 0 amide bonds. The molecule has 2 aromatic carbocycles. The second-order valence-electron chi connectivity index (χ2n) is 6.70. The molecule has 3 aromatic heterocycles. The normalized spacial score (nSPS) is 11.0. The maximum absolute atomic E-state index is 6.22. The molecule has 0 bridgehead atoms. The van der Waals surface area contributed by atoms with Crippen LogP contribution in [-0.2, 0) is 6.42 Å². The minimum Gasteiger partial charge on any atom is -0.469 e. The van der Waals surface area contributed by atoms with Crippen LogP contribution in [0.5, 0.6) is 0 Å². The van der Waals surface area contributed by atoms with Gasteiger partial charge in [-0.05, 0) is 17.7 Å². The van der Waals surface area contributed by atoms with Crippen molar-refractivity contribution in [1.29, 1.82) is 0 Å². The number of fused-ring (bicyclic) bond motifs is 1. The van der Waals surface area contributed by atoms with Crippen molar-refractivity contribution < 1.29 is 8.83 Å². The van der Waals surface area contributed by atoms with E-state index in [0.29, 0.717) is 12.3 Å². The molecule has 0 aliphatic carbocycles. The lowest BCUT2D eigenvalue weighted by molar-refractivity contribution is 0.513. The molecule has 0 unspecified atom stereocenters. The van der Waals surface area contributed by atoms with Gasteiger partial charge in [-0.1, -0.05) is 60.7 Å². The molecule has 0 aliphatic heterocycles. The number of hydrogen-bond acceptors (Lipinski definition) is 5. The minimum atomic E-state index is 0.568. The first-order chi connectivity index (χ1) is 14.4. The van der Waals surface area contributed by atoms with Gasteiger partial charge in [0.1, 0.15) is 23.7 Å². The summed E-state index contributed by atoms with van der Waals surface area (Å²) in [4.78, 5) is 8.90. The van der Waals surface area contributed by atoms with E-state index in [1.54, 1.807) is 6.26 Å². The molecule has 5 heteroatoms. The highest BCUT2D eigenvalue weighted by Gasteiger charge is 2.21. The van der Waals surface area contributed by atoms with Crippen LogP contribution in [0.25, 0.3) is 33.6 Å². The van der Waals surface area contributed by atoms with Crippen LogP contribution >= 0.6 is 0 Å². The van der Waals surface area contributed by atoms with Gasteiger partial charge in [0.2, 0.25) is 5.71 Å². The zero-order valence-electron chi connectivity index (χ0n) is 15.7. The Kier molecular flexibility index (Phi) is 4.54. The number of benzene rings is 2. The predicted molar refractivity (Wildman–Crippen MR) is 114 cm³/mol. The van der Waals surface area contributed by atoms with E-state index in [9.17, 15) is 0 Å². The third-order valence-electron chi connectivity index (χ3n) is 4.83. The van der Waals surface area contributed by atoms with Crippen LogP contribution in [0.3, 0.4) is 0 Å². The van der Waals surface area contributed by atoms with Gasteiger partial charge >= 0.3 is 0 Å². The molecule has 3 heterocycles. The molecular formula is C24H19N3O2. The topological polar surface area (TPSA) is 64.1 Å². The van der Waals surface area contributed by atoms with Crippen LogP contribution < -0.4 is 5.32 Å². The molecule has 0 saturated carbocycles. The van der Waals surface area contributed by atoms with Gasteiger partial charge in [-0.3, -0.25) is 0 Å². The van der Waals surface area contributed by atoms with Crippen molar-refractivity contribution in [1.82, 2.24) is 9.97 Å². The SMILES string of the molecule is c1ccc(-c2oc3ncnc(NCCc4ccco4)c3c2-c2ccccc2)cc1. The molecular weight excluding hydrogens is 362 g/mol. The zero-order chi connectivity index (χ0) is 19.5. The van der Waals surface area contributed by atoms with E-state index in [0.717, 1.165) is 45.8 Å². The Labute approximate surface area is 168 Å². The highest BCUT2D eigenvalue weighted by atomic mass is 16.3. The number of nitrogens with one attached hydrogen (secondary N) is 1. The van der Waals surface area contributed by atoms with Crippen molar-refractivity contribution in [2.45, 2.75) is 6.42 Å². The Hall–Kier alpha value is -3.86. The zero-order valence-corrected chi connectivity index (χ0v) is 15.7. The van der Waals surface area contributed by atoms with Crippen LogP contribution in [0.1, 0.15) is 5.76 Å². The van der Waals surface area contributed by atoms with Crippen LogP contribution in [0.4, 0.5) is 5.82 Å². The van der Waals surface area contributed by atoms with Crippen molar-refractivity contribution in [2.75, 3.05) is 11.9 Å². The summed E-state index contributed by atoms with van der Waals surface area (Å²) in [6.07, 6.45) is 3.99. The fourth-order valence-corrected chi connectivity index (χ4v) is 3.50. The number of nitrogens with zero attached hydrogens (tertiary/aromatic N) is 2. The van der Waals surface area contributed by atoms with E-state index in [-0.39, 0.29) is 0 Å². The van der Waals surface area contributed by atoms with E-state index in [1.165, 1.54) is 6.33 Å². The van der Waals surface area contributed by atoms with Gasteiger partial charge in [-0.15, -0.1) is 0 Å². The summed E-state index contributed by atoms with van der Waals surface area (Å²) < 4.78 is 11.6. The van der Waals surface area contributed by atoms with E-state index in [2.05, 4.69) is 27.4 Å². The monoisotopic (exact) mass is 381 g/mol. The number of aromatic nitrogens is 2. The Bertz CT molecular complexity index is 1210. The third-order valence-corrected chi connectivity index (χ3v) is 4.83. The van der Waals surface area contributed by atoms with Gasteiger partial charge in [0.05, 0.1) is 11.6 Å². The third kappa shape index (κ3) is 3.38. The van der Waals surface area contributed by atoms with Crippen LogP contribution in [0.15, 0.2) is 94.2 Å². The molecule has 0 atom stereocenters. The Morgan fingerprint density at radius 1 is 0.793 bits per heavy atom. The van der Waals surface area contributed by atoms with Crippen molar-refractivity contribution >= 4 is 16.9 Å². The summed E-state index contributed by atoms with van der Waals surface area (Å²) in [5, 5.41) is 4.32. The second-order valence-corrected chi connectivity index (χ2v) is 6.70. The smallest absolute Gasteiger partial charge is 0.232 e. The molecule has 0 aliphatic rings. The van der Waals surface area contributed by atoms with Gasteiger partial charge in [-0.2, -0.15) is 0 Å². The average Bonchev–Trinajstić information content (AvgIpc) is 3.43. The molecule has 142 valence electrons. The Morgan fingerprint density at radius 2 is 1.55 bits per heavy atom. The summed E-state index contributed by atoms with van der Waals surface area (Å²) in [5.41, 5.74) is 3.63. The standard InChI is InChI=1S/C24H19N3O2/c1-3-8-17(9-4-1)20-21-23(25-14-13-19-12-7-15-28-19)26-16-27-24(21)29-22(20)18-10-5-2-6-11-18/h1-12,15-16H,13-14H2,(H,25,26,27). The Morgan fingerprint density at radius 3 is 2.28 bits per heavy atom. The van der Waals surface area contributed by atoms with Crippen LogP contribution in [0.2, 0.25) is 0 Å². The lowest BCUT2D eigenvalue weighted by atomic mass is 9.99. The largest absolute Gasteiger partial charge is 0.469 e. The van der Waals surface area contributed by atoms with E-state index in [4.69, 9.17) is 8.83 Å². The van der Waals surface area contributed by atoms with Gasteiger partial charge in [0, 0.05) is 24.1 Å². The molecule has 1 N–H and O–H groups in total. The molecule has 29 heavy (non-hydrogen) atoms. The van der Waals surface area contributed by atoms with Gasteiger partial charge in [0.25, 0.3) is 0 Å². The fraction of sp³-hybridized carbons (Fsp3) is 0.0833. The van der Waals surface area contributed by atoms with Crippen molar-refractivity contribution in [3.63, 3.8) is 0 Å². The molecule has 5 aromatic rings. The first-order valence-electron chi connectivity index (χ1n) is 9.55. The average molecular weight is 381 g/mol. The number of anilines is 1. The number of rotatable bonds is 6.